The Morgan fingerprint density at radius 3 is 2.77 bits per heavy atom. The molecule has 2 rings (SSSR count). The lowest BCUT2D eigenvalue weighted by Crippen LogP contribution is -2.40. The molecule has 1 aromatic rings. The molecule has 0 radical (unpaired) electrons. The number of carbonyl (C=O) groups is 1. The van der Waals surface area contributed by atoms with Gasteiger partial charge < -0.3 is 15.1 Å². The van der Waals surface area contributed by atoms with E-state index in [9.17, 15) is 14.9 Å². The number of nitrogens with two attached hydrogens (primary N) is 1. The molecular formula is C13H19N5O4. The number of hydrogen-bond donors (Lipinski definition) is 1. The van der Waals surface area contributed by atoms with Crippen molar-refractivity contribution in [3.63, 3.8) is 0 Å². The summed E-state index contributed by atoms with van der Waals surface area (Å²) in [5.74, 6) is -0.184. The van der Waals surface area contributed by atoms with Crippen LogP contribution in [0.5, 0.6) is 0 Å². The summed E-state index contributed by atoms with van der Waals surface area (Å²) in [4.78, 5) is 23.5. The van der Waals surface area contributed by atoms with E-state index in [1.807, 2.05) is 0 Å². The highest BCUT2D eigenvalue weighted by atomic mass is 16.6. The Labute approximate surface area is 127 Å². The van der Waals surface area contributed by atoms with Gasteiger partial charge in [0.2, 0.25) is 0 Å². The van der Waals surface area contributed by atoms with E-state index < -0.39 is 11.0 Å². The molecule has 22 heavy (non-hydrogen) atoms. The van der Waals surface area contributed by atoms with Crippen LogP contribution in [0, 0.1) is 10.1 Å². The van der Waals surface area contributed by atoms with Crippen LogP contribution in [0.3, 0.4) is 0 Å². The summed E-state index contributed by atoms with van der Waals surface area (Å²) in [5.41, 5.74) is 5.29. The van der Waals surface area contributed by atoms with Crippen molar-refractivity contribution in [3.05, 3.63) is 28.0 Å². The highest BCUT2D eigenvalue weighted by Crippen LogP contribution is 2.14. The first kappa shape index (κ1) is 16.0. The second-order valence-corrected chi connectivity index (χ2v) is 5.04. The molecule has 1 aliphatic heterocycles. The number of rotatable bonds is 6. The molecule has 1 saturated heterocycles. The normalized spacial score (nSPS) is 16.0. The van der Waals surface area contributed by atoms with E-state index in [1.165, 1.54) is 24.8 Å². The van der Waals surface area contributed by atoms with Crippen LogP contribution in [0.4, 0.5) is 10.7 Å². The number of furan rings is 1. The van der Waals surface area contributed by atoms with E-state index in [-0.39, 0.29) is 11.6 Å². The zero-order chi connectivity index (χ0) is 15.9. The van der Waals surface area contributed by atoms with Gasteiger partial charge in [-0.3, -0.25) is 10.1 Å². The Kier molecular flexibility index (Phi) is 5.48. The van der Waals surface area contributed by atoms with E-state index in [2.05, 4.69) is 10.0 Å². The van der Waals surface area contributed by atoms with Crippen molar-refractivity contribution in [3.8, 4) is 0 Å². The predicted octanol–water partition coefficient (Wildman–Crippen LogP) is 1.39. The molecular weight excluding hydrogens is 290 g/mol. The van der Waals surface area contributed by atoms with Gasteiger partial charge in [0.05, 0.1) is 18.8 Å². The maximum Gasteiger partial charge on any atom is 0.433 e. The molecule has 0 bridgehead atoms. The van der Waals surface area contributed by atoms with Gasteiger partial charge in [-0.05, 0) is 32.0 Å². The maximum absolute atomic E-state index is 11.4. The van der Waals surface area contributed by atoms with Crippen LogP contribution in [0.2, 0.25) is 0 Å². The molecule has 1 fully saturated rings. The van der Waals surface area contributed by atoms with Crippen LogP contribution in [0.1, 0.15) is 25.0 Å². The summed E-state index contributed by atoms with van der Waals surface area (Å²) in [6.07, 6.45) is 4.81. The summed E-state index contributed by atoms with van der Waals surface area (Å²) in [6.45, 7) is 3.09. The zero-order valence-electron chi connectivity index (χ0n) is 12.2. The first-order chi connectivity index (χ1) is 10.6. The number of carbonyl (C=O) groups excluding carboxylic acids is 1. The minimum absolute atomic E-state index is 0.191. The maximum atomic E-state index is 11.4. The zero-order valence-corrected chi connectivity index (χ0v) is 12.2. The number of primary amides is 1. The number of urea groups is 1. The highest BCUT2D eigenvalue weighted by Gasteiger charge is 2.14. The van der Waals surface area contributed by atoms with E-state index in [0.29, 0.717) is 13.1 Å². The Bertz CT molecular complexity index is 550. The van der Waals surface area contributed by atoms with Gasteiger partial charge in [-0.2, -0.15) is 5.10 Å². The van der Waals surface area contributed by atoms with Crippen molar-refractivity contribution in [2.45, 2.75) is 19.3 Å². The monoisotopic (exact) mass is 309 g/mol. The van der Waals surface area contributed by atoms with Gasteiger partial charge in [-0.15, -0.1) is 0 Å². The van der Waals surface area contributed by atoms with Crippen molar-refractivity contribution in [1.82, 2.24) is 9.91 Å². The molecule has 9 nitrogen and oxygen atoms in total. The molecule has 120 valence electrons. The fourth-order valence-corrected chi connectivity index (χ4v) is 2.28. The van der Waals surface area contributed by atoms with E-state index in [1.54, 1.807) is 0 Å². The van der Waals surface area contributed by atoms with Crippen molar-refractivity contribution in [2.75, 3.05) is 26.2 Å². The lowest BCUT2D eigenvalue weighted by Gasteiger charge is -2.27. The second-order valence-electron chi connectivity index (χ2n) is 5.04. The number of amides is 2. The molecule has 0 spiro atoms. The Morgan fingerprint density at radius 1 is 1.45 bits per heavy atom. The summed E-state index contributed by atoms with van der Waals surface area (Å²) in [6, 6.07) is 1.96. The largest absolute Gasteiger partial charge is 0.433 e. The average Bonchev–Trinajstić information content (AvgIpc) is 2.97. The molecule has 0 aliphatic carbocycles. The molecule has 2 heterocycles. The summed E-state index contributed by atoms with van der Waals surface area (Å²) in [5, 5.41) is 15.6. The van der Waals surface area contributed by atoms with Gasteiger partial charge in [0.1, 0.15) is 4.92 Å². The van der Waals surface area contributed by atoms with E-state index in [0.717, 1.165) is 30.9 Å². The number of nitro groups is 1. The summed E-state index contributed by atoms with van der Waals surface area (Å²) >= 11 is 0. The van der Waals surface area contributed by atoms with Crippen LogP contribution in [0.15, 0.2) is 21.7 Å². The average molecular weight is 309 g/mol. The molecule has 2 amide bonds. The van der Waals surface area contributed by atoms with Gasteiger partial charge >= 0.3 is 11.9 Å². The molecule has 0 aromatic carbocycles. The number of piperidine rings is 1. The van der Waals surface area contributed by atoms with Crippen molar-refractivity contribution in [2.24, 2.45) is 10.8 Å². The van der Waals surface area contributed by atoms with Gasteiger partial charge in [0.15, 0.2) is 5.76 Å². The molecule has 0 atom stereocenters. The molecule has 2 N–H and O–H groups in total. The third-order valence-electron chi connectivity index (χ3n) is 3.45. The van der Waals surface area contributed by atoms with Crippen LogP contribution >= 0.6 is 0 Å². The van der Waals surface area contributed by atoms with Gasteiger partial charge in [0.25, 0.3) is 0 Å². The Balaban J connectivity index is 1.90. The minimum atomic E-state index is -0.672. The Morgan fingerprint density at radius 2 is 2.18 bits per heavy atom. The lowest BCUT2D eigenvalue weighted by atomic mass is 10.1. The number of hydrogen-bond acceptors (Lipinski definition) is 6. The van der Waals surface area contributed by atoms with E-state index >= 15 is 0 Å². The van der Waals surface area contributed by atoms with Gasteiger partial charge in [0, 0.05) is 6.54 Å². The Hall–Kier alpha value is -2.42. The van der Waals surface area contributed by atoms with Gasteiger partial charge in [-0.1, -0.05) is 6.42 Å². The smallest absolute Gasteiger partial charge is 0.400 e. The quantitative estimate of drug-likeness (QED) is 0.484. The molecule has 1 aliphatic rings. The fraction of sp³-hybridized carbons (Fsp3) is 0.538. The number of hydrazone groups is 1. The van der Waals surface area contributed by atoms with Crippen LogP contribution in [0.25, 0.3) is 0 Å². The van der Waals surface area contributed by atoms with Crippen LogP contribution in [-0.4, -0.2) is 53.3 Å². The topological polar surface area (TPSA) is 118 Å². The van der Waals surface area contributed by atoms with Crippen molar-refractivity contribution < 1.29 is 14.1 Å². The standard InChI is InChI=1S/C13H19N5O4/c14-13(19)17(9-8-16-6-2-1-3-7-16)15-10-11-4-5-12(22-11)18(20)21/h4-5,10H,1-3,6-9H2,(H2,14,19)/b15-10+. The van der Waals surface area contributed by atoms with Crippen molar-refractivity contribution >= 4 is 18.1 Å². The molecule has 0 unspecified atom stereocenters. The summed E-state index contributed by atoms with van der Waals surface area (Å²) < 4.78 is 4.93. The predicted molar refractivity (Wildman–Crippen MR) is 79.5 cm³/mol. The first-order valence-electron chi connectivity index (χ1n) is 7.14. The SMILES string of the molecule is NC(=O)N(CCN1CCCCC1)/N=C/c1ccc([N+](=O)[O-])o1. The number of nitrogens with zero attached hydrogens (tertiary/aromatic N) is 4. The van der Waals surface area contributed by atoms with Gasteiger partial charge in [-0.25, -0.2) is 9.80 Å². The highest BCUT2D eigenvalue weighted by molar-refractivity contribution is 5.79. The molecule has 0 saturated carbocycles. The third kappa shape index (κ3) is 4.55. The molecule has 9 heteroatoms. The van der Waals surface area contributed by atoms with Crippen molar-refractivity contribution in [1.29, 1.82) is 0 Å². The van der Waals surface area contributed by atoms with E-state index in [4.69, 9.17) is 10.2 Å². The fourth-order valence-electron chi connectivity index (χ4n) is 2.28. The summed E-state index contributed by atoms with van der Waals surface area (Å²) in [7, 11) is 0. The molecule has 1 aromatic heterocycles. The second kappa shape index (κ2) is 7.55. The van der Waals surface area contributed by atoms with Crippen LogP contribution in [-0.2, 0) is 0 Å². The lowest BCUT2D eigenvalue weighted by molar-refractivity contribution is -0.402. The number of likely N-dealkylation sites (tertiary alicyclic amines) is 1. The first-order valence-corrected chi connectivity index (χ1v) is 7.14. The van der Waals surface area contributed by atoms with Crippen LogP contribution < -0.4 is 5.73 Å². The third-order valence-corrected chi connectivity index (χ3v) is 3.45. The minimum Gasteiger partial charge on any atom is -0.400 e.